The van der Waals surface area contributed by atoms with Crippen molar-refractivity contribution in [1.29, 1.82) is 0 Å². The number of benzene rings is 2. The van der Waals surface area contributed by atoms with Gasteiger partial charge in [0.2, 0.25) is 0 Å². The summed E-state index contributed by atoms with van der Waals surface area (Å²) in [5.74, 6) is 0.159. The smallest absolute Gasteiger partial charge is 0.331 e. The molecule has 7 nitrogen and oxygen atoms in total. The van der Waals surface area contributed by atoms with Crippen LogP contribution in [0.4, 0.5) is 21.9 Å². The molecular formula is C23H28N4O3. The van der Waals surface area contributed by atoms with Gasteiger partial charge in [-0.25, -0.2) is 4.79 Å². The van der Waals surface area contributed by atoms with Gasteiger partial charge in [0.15, 0.2) is 0 Å². The Labute approximate surface area is 177 Å². The number of hydrogen-bond donors (Lipinski definition) is 1. The molecule has 0 radical (unpaired) electrons. The number of nitrogens with zero attached hydrogens (tertiary/aromatic N) is 4. The van der Waals surface area contributed by atoms with Crippen molar-refractivity contribution >= 4 is 29.0 Å². The van der Waals surface area contributed by atoms with Crippen molar-refractivity contribution in [2.75, 3.05) is 54.0 Å². The number of carbonyl (C=O) groups excluding carboxylic acids is 2. The molecule has 2 saturated heterocycles. The highest BCUT2D eigenvalue weighted by Crippen LogP contribution is 2.26. The Morgan fingerprint density at radius 3 is 1.83 bits per heavy atom. The number of rotatable bonds is 6. The molecule has 30 heavy (non-hydrogen) atoms. The molecule has 0 saturated carbocycles. The second kappa shape index (κ2) is 8.65. The molecule has 2 fully saturated rings. The standard InChI is InChI=1S/C23H28N4O3/c1-2-3-12-26-22(29)17-27(23(26)30)20-6-4-18(5-7-20)24-13-15-25(16-14-24)19-8-10-21(28)11-9-19/h4-11,28H,2-3,12-17H2,1H3. The number of piperazine rings is 1. The normalized spacial score (nSPS) is 17.2. The van der Waals surface area contributed by atoms with E-state index in [2.05, 4.69) is 9.80 Å². The third-order valence-corrected chi connectivity index (χ3v) is 5.81. The monoisotopic (exact) mass is 408 g/mol. The maximum Gasteiger partial charge on any atom is 0.331 e. The average molecular weight is 409 g/mol. The summed E-state index contributed by atoms with van der Waals surface area (Å²) in [6, 6.07) is 15.0. The third kappa shape index (κ3) is 4.06. The minimum atomic E-state index is -0.219. The molecule has 2 aromatic carbocycles. The first-order chi connectivity index (χ1) is 14.6. The maximum absolute atomic E-state index is 12.6. The van der Waals surface area contributed by atoms with Gasteiger partial charge in [0.05, 0.1) is 0 Å². The lowest BCUT2D eigenvalue weighted by molar-refractivity contribution is -0.124. The Morgan fingerprint density at radius 1 is 0.800 bits per heavy atom. The number of carbonyl (C=O) groups is 2. The van der Waals surface area contributed by atoms with Crippen molar-refractivity contribution < 1.29 is 14.7 Å². The quantitative estimate of drug-likeness (QED) is 0.743. The van der Waals surface area contributed by atoms with Crippen molar-refractivity contribution in [3.8, 4) is 5.75 Å². The third-order valence-electron chi connectivity index (χ3n) is 5.81. The largest absolute Gasteiger partial charge is 0.508 e. The molecule has 158 valence electrons. The molecular weight excluding hydrogens is 380 g/mol. The number of phenolic OH excluding ortho intramolecular Hbond substituents is 1. The molecule has 2 heterocycles. The average Bonchev–Trinajstić information content (AvgIpc) is 3.06. The lowest BCUT2D eigenvalue weighted by atomic mass is 10.2. The van der Waals surface area contributed by atoms with E-state index in [0.717, 1.165) is 56.1 Å². The van der Waals surface area contributed by atoms with E-state index in [1.165, 1.54) is 4.90 Å². The van der Waals surface area contributed by atoms with E-state index >= 15 is 0 Å². The van der Waals surface area contributed by atoms with Crippen LogP contribution in [0.25, 0.3) is 0 Å². The fraction of sp³-hybridized carbons (Fsp3) is 0.391. The molecule has 2 aromatic rings. The van der Waals surface area contributed by atoms with Gasteiger partial charge < -0.3 is 14.9 Å². The van der Waals surface area contributed by atoms with E-state index < -0.39 is 0 Å². The predicted octanol–water partition coefficient (Wildman–Crippen LogP) is 3.29. The molecule has 0 atom stereocenters. The van der Waals surface area contributed by atoms with Crippen LogP contribution in [0.2, 0.25) is 0 Å². The molecule has 1 N–H and O–H groups in total. The van der Waals surface area contributed by atoms with E-state index in [-0.39, 0.29) is 24.2 Å². The molecule has 0 aromatic heterocycles. The van der Waals surface area contributed by atoms with Crippen LogP contribution in [0, 0.1) is 0 Å². The van der Waals surface area contributed by atoms with Crippen molar-refractivity contribution in [2.45, 2.75) is 19.8 Å². The summed E-state index contributed by atoms with van der Waals surface area (Å²) < 4.78 is 0. The second-order valence-corrected chi connectivity index (χ2v) is 7.77. The second-order valence-electron chi connectivity index (χ2n) is 7.77. The molecule has 2 aliphatic heterocycles. The lowest BCUT2D eigenvalue weighted by Crippen LogP contribution is -2.46. The Balaban J connectivity index is 1.37. The zero-order valence-corrected chi connectivity index (χ0v) is 17.3. The molecule has 4 rings (SSSR count). The van der Waals surface area contributed by atoms with E-state index in [4.69, 9.17) is 0 Å². The first-order valence-corrected chi connectivity index (χ1v) is 10.6. The Morgan fingerprint density at radius 2 is 1.30 bits per heavy atom. The van der Waals surface area contributed by atoms with Crippen molar-refractivity contribution in [3.63, 3.8) is 0 Å². The molecule has 2 aliphatic rings. The number of imide groups is 1. The first-order valence-electron chi connectivity index (χ1n) is 10.6. The van der Waals surface area contributed by atoms with Gasteiger partial charge in [-0.05, 0) is 55.0 Å². The number of aromatic hydroxyl groups is 1. The van der Waals surface area contributed by atoms with Gasteiger partial charge in [-0.3, -0.25) is 14.6 Å². The number of urea groups is 1. The van der Waals surface area contributed by atoms with Gasteiger partial charge in [-0.2, -0.15) is 0 Å². The fourth-order valence-electron chi connectivity index (χ4n) is 4.01. The number of amides is 3. The Kier molecular flexibility index (Phi) is 5.79. The van der Waals surface area contributed by atoms with Crippen LogP contribution < -0.4 is 14.7 Å². The van der Waals surface area contributed by atoms with Crippen LogP contribution in [0.1, 0.15) is 19.8 Å². The summed E-state index contributed by atoms with van der Waals surface area (Å²) in [6.45, 7) is 6.25. The molecule has 0 spiro atoms. The molecule has 0 unspecified atom stereocenters. The van der Waals surface area contributed by atoms with Gasteiger partial charge in [-0.15, -0.1) is 0 Å². The number of phenols is 1. The van der Waals surface area contributed by atoms with Gasteiger partial charge in [0.1, 0.15) is 12.3 Å². The summed E-state index contributed by atoms with van der Waals surface area (Å²) in [5, 5.41) is 9.46. The summed E-state index contributed by atoms with van der Waals surface area (Å²) in [7, 11) is 0. The Hall–Kier alpha value is -3.22. The van der Waals surface area contributed by atoms with Crippen LogP contribution in [-0.2, 0) is 4.79 Å². The molecule has 0 bridgehead atoms. The maximum atomic E-state index is 12.6. The van der Waals surface area contributed by atoms with E-state index in [0.29, 0.717) is 6.54 Å². The molecule has 7 heteroatoms. The number of anilines is 3. The van der Waals surface area contributed by atoms with E-state index in [1.807, 2.05) is 43.3 Å². The summed E-state index contributed by atoms with van der Waals surface area (Å²) in [6.07, 6.45) is 1.78. The highest BCUT2D eigenvalue weighted by molar-refractivity contribution is 6.12. The van der Waals surface area contributed by atoms with Crippen LogP contribution >= 0.6 is 0 Å². The minimum absolute atomic E-state index is 0.118. The van der Waals surface area contributed by atoms with Gasteiger partial charge in [-0.1, -0.05) is 13.3 Å². The highest BCUT2D eigenvalue weighted by atomic mass is 16.3. The number of hydrogen-bond acceptors (Lipinski definition) is 5. The highest BCUT2D eigenvalue weighted by Gasteiger charge is 2.36. The van der Waals surface area contributed by atoms with Crippen LogP contribution in [0.3, 0.4) is 0 Å². The lowest BCUT2D eigenvalue weighted by Gasteiger charge is -2.37. The topological polar surface area (TPSA) is 67.3 Å². The van der Waals surface area contributed by atoms with Gasteiger partial charge in [0, 0.05) is 49.8 Å². The summed E-state index contributed by atoms with van der Waals surface area (Å²) >= 11 is 0. The van der Waals surface area contributed by atoms with E-state index in [1.54, 1.807) is 17.0 Å². The molecule has 0 aliphatic carbocycles. The first kappa shape index (κ1) is 20.1. The minimum Gasteiger partial charge on any atom is -0.508 e. The zero-order chi connectivity index (χ0) is 21.1. The van der Waals surface area contributed by atoms with Gasteiger partial charge in [0.25, 0.3) is 5.91 Å². The fourth-order valence-corrected chi connectivity index (χ4v) is 4.01. The molecule has 3 amide bonds. The van der Waals surface area contributed by atoms with Gasteiger partial charge >= 0.3 is 6.03 Å². The summed E-state index contributed by atoms with van der Waals surface area (Å²) in [5.41, 5.74) is 3.00. The summed E-state index contributed by atoms with van der Waals surface area (Å²) in [4.78, 5) is 32.3. The number of unbranched alkanes of at least 4 members (excludes halogenated alkanes) is 1. The van der Waals surface area contributed by atoms with E-state index in [9.17, 15) is 14.7 Å². The van der Waals surface area contributed by atoms with Crippen LogP contribution in [0.5, 0.6) is 5.75 Å². The Bertz CT molecular complexity index is 890. The SMILES string of the molecule is CCCCN1C(=O)CN(c2ccc(N3CCN(c4ccc(O)cc4)CC3)cc2)C1=O. The van der Waals surface area contributed by atoms with Crippen LogP contribution in [-0.4, -0.2) is 61.2 Å². The van der Waals surface area contributed by atoms with Crippen molar-refractivity contribution in [2.24, 2.45) is 0 Å². The van der Waals surface area contributed by atoms with Crippen molar-refractivity contribution in [3.05, 3.63) is 48.5 Å². The zero-order valence-electron chi connectivity index (χ0n) is 17.3. The predicted molar refractivity (Wildman–Crippen MR) is 118 cm³/mol. The van der Waals surface area contributed by atoms with Crippen LogP contribution in [0.15, 0.2) is 48.5 Å². The van der Waals surface area contributed by atoms with Crippen molar-refractivity contribution in [1.82, 2.24) is 4.90 Å².